The van der Waals surface area contributed by atoms with E-state index in [4.69, 9.17) is 0 Å². The molecule has 8 nitrogen and oxygen atoms in total. The minimum absolute atomic E-state index is 0.0361. The molecule has 2 heterocycles. The van der Waals surface area contributed by atoms with E-state index >= 15 is 0 Å². The molecule has 140 valence electrons. The maximum Gasteiger partial charge on any atom is 0.239 e. The smallest absolute Gasteiger partial charge is 0.239 e. The van der Waals surface area contributed by atoms with Crippen LogP contribution in [0.1, 0.15) is 26.0 Å². The Hall–Kier alpha value is -1.93. The monoisotopic (exact) mass is 350 g/mol. The minimum Gasteiger partial charge on any atom is -0.353 e. The first-order chi connectivity index (χ1) is 11.9. The van der Waals surface area contributed by atoms with Crippen LogP contribution in [0.3, 0.4) is 0 Å². The van der Waals surface area contributed by atoms with Crippen molar-refractivity contribution >= 4 is 17.6 Å². The fourth-order valence-corrected chi connectivity index (χ4v) is 2.84. The van der Waals surface area contributed by atoms with Crippen LogP contribution in [0.2, 0.25) is 0 Å². The van der Waals surface area contributed by atoms with Gasteiger partial charge in [0.1, 0.15) is 5.82 Å². The van der Waals surface area contributed by atoms with Gasteiger partial charge in [0.2, 0.25) is 11.8 Å². The lowest BCUT2D eigenvalue weighted by Gasteiger charge is -2.34. The van der Waals surface area contributed by atoms with Gasteiger partial charge in [-0.3, -0.25) is 24.1 Å². The molecule has 2 rings (SSSR count). The third kappa shape index (κ3) is 6.13. The number of rotatable bonds is 7. The van der Waals surface area contributed by atoms with Crippen LogP contribution in [0.5, 0.6) is 0 Å². The Balaban J connectivity index is 1.70. The SMILES string of the molecule is CCC(C)NC(=O)CN1CCN(CC(=O)Nc2cc(C)nn2C)CC1. The molecular formula is C17H30N6O2. The van der Waals surface area contributed by atoms with E-state index in [-0.39, 0.29) is 17.9 Å². The number of nitrogens with one attached hydrogen (secondary N) is 2. The summed E-state index contributed by atoms with van der Waals surface area (Å²) in [7, 11) is 1.81. The zero-order chi connectivity index (χ0) is 18.4. The first-order valence-corrected chi connectivity index (χ1v) is 8.92. The highest BCUT2D eigenvalue weighted by atomic mass is 16.2. The van der Waals surface area contributed by atoms with Gasteiger partial charge in [0.25, 0.3) is 0 Å². The molecule has 1 saturated heterocycles. The van der Waals surface area contributed by atoms with Gasteiger partial charge < -0.3 is 10.6 Å². The summed E-state index contributed by atoms with van der Waals surface area (Å²) in [5, 5.41) is 10.1. The zero-order valence-corrected chi connectivity index (χ0v) is 15.7. The number of piperazine rings is 1. The first-order valence-electron chi connectivity index (χ1n) is 8.92. The Kier molecular flexibility index (Phi) is 6.95. The molecule has 1 aromatic heterocycles. The molecule has 1 fully saturated rings. The molecule has 1 aliphatic heterocycles. The van der Waals surface area contributed by atoms with Crippen molar-refractivity contribution in [3.8, 4) is 0 Å². The van der Waals surface area contributed by atoms with Crippen molar-refractivity contribution in [1.29, 1.82) is 0 Å². The van der Waals surface area contributed by atoms with Gasteiger partial charge in [-0.05, 0) is 20.3 Å². The molecule has 1 aliphatic rings. The van der Waals surface area contributed by atoms with Crippen LogP contribution in [0, 0.1) is 6.92 Å². The fourth-order valence-electron chi connectivity index (χ4n) is 2.84. The van der Waals surface area contributed by atoms with Crippen LogP contribution < -0.4 is 10.6 Å². The van der Waals surface area contributed by atoms with E-state index in [1.54, 1.807) is 4.68 Å². The summed E-state index contributed by atoms with van der Waals surface area (Å²) in [4.78, 5) is 28.4. The number of aromatic nitrogens is 2. The zero-order valence-electron chi connectivity index (χ0n) is 15.7. The third-order valence-electron chi connectivity index (χ3n) is 4.49. The van der Waals surface area contributed by atoms with Crippen molar-refractivity contribution in [2.24, 2.45) is 7.05 Å². The van der Waals surface area contributed by atoms with E-state index < -0.39 is 0 Å². The summed E-state index contributed by atoms with van der Waals surface area (Å²) >= 11 is 0. The van der Waals surface area contributed by atoms with Crippen LogP contribution in [0.4, 0.5) is 5.82 Å². The lowest BCUT2D eigenvalue weighted by Crippen LogP contribution is -2.51. The maximum atomic E-state index is 12.2. The lowest BCUT2D eigenvalue weighted by atomic mass is 10.2. The Labute approximate surface area is 149 Å². The minimum atomic E-state index is -0.0361. The Morgan fingerprint density at radius 3 is 2.20 bits per heavy atom. The van der Waals surface area contributed by atoms with Crippen molar-refractivity contribution in [2.45, 2.75) is 33.2 Å². The van der Waals surface area contributed by atoms with E-state index in [2.05, 4.69) is 32.5 Å². The number of carbonyl (C=O) groups is 2. The highest BCUT2D eigenvalue weighted by molar-refractivity contribution is 5.91. The average molecular weight is 350 g/mol. The van der Waals surface area contributed by atoms with Gasteiger partial charge in [-0.25, -0.2) is 0 Å². The van der Waals surface area contributed by atoms with Gasteiger partial charge in [-0.1, -0.05) is 6.92 Å². The van der Waals surface area contributed by atoms with Gasteiger partial charge >= 0.3 is 0 Å². The number of anilines is 1. The molecule has 0 bridgehead atoms. The number of carbonyl (C=O) groups excluding carboxylic acids is 2. The molecular weight excluding hydrogens is 320 g/mol. The van der Waals surface area contributed by atoms with Crippen molar-refractivity contribution in [3.05, 3.63) is 11.8 Å². The average Bonchev–Trinajstić information content (AvgIpc) is 2.86. The summed E-state index contributed by atoms with van der Waals surface area (Å²) in [6, 6.07) is 2.07. The standard InChI is InChI=1S/C17H30N6O2/c1-5-13(2)18-16(24)11-22-6-8-23(9-7-22)12-17(25)19-15-10-14(3)20-21(15)4/h10,13H,5-9,11-12H2,1-4H3,(H,18,24)(H,19,25). The summed E-state index contributed by atoms with van der Waals surface area (Å²) in [5.41, 5.74) is 0.877. The van der Waals surface area contributed by atoms with Gasteiger partial charge in [0.15, 0.2) is 0 Å². The van der Waals surface area contributed by atoms with Crippen LogP contribution in [-0.4, -0.2) is 76.7 Å². The van der Waals surface area contributed by atoms with E-state index in [1.807, 2.05) is 27.0 Å². The largest absolute Gasteiger partial charge is 0.353 e. The summed E-state index contributed by atoms with van der Waals surface area (Å²) in [5.74, 6) is 0.751. The predicted molar refractivity (Wildman–Crippen MR) is 97.4 cm³/mol. The summed E-state index contributed by atoms with van der Waals surface area (Å²) in [6.07, 6.45) is 0.935. The number of amides is 2. The van der Waals surface area contributed by atoms with Crippen molar-refractivity contribution < 1.29 is 9.59 Å². The topological polar surface area (TPSA) is 82.5 Å². The Morgan fingerprint density at radius 2 is 1.72 bits per heavy atom. The molecule has 0 radical (unpaired) electrons. The van der Waals surface area contributed by atoms with Gasteiger partial charge in [0.05, 0.1) is 18.8 Å². The molecule has 2 N–H and O–H groups in total. The van der Waals surface area contributed by atoms with E-state index in [1.165, 1.54) is 0 Å². The van der Waals surface area contributed by atoms with Gasteiger partial charge in [-0.2, -0.15) is 5.10 Å². The molecule has 0 aromatic carbocycles. The fraction of sp³-hybridized carbons (Fsp3) is 0.706. The molecule has 0 saturated carbocycles. The van der Waals surface area contributed by atoms with E-state index in [9.17, 15) is 9.59 Å². The summed E-state index contributed by atoms with van der Waals surface area (Å²) in [6.45, 7) is 9.92. The van der Waals surface area contributed by atoms with E-state index in [0.29, 0.717) is 18.9 Å². The summed E-state index contributed by atoms with van der Waals surface area (Å²) < 4.78 is 1.67. The normalized spacial score (nSPS) is 17.3. The Morgan fingerprint density at radius 1 is 1.16 bits per heavy atom. The molecule has 2 amide bonds. The molecule has 1 atom stereocenters. The molecule has 0 aliphatic carbocycles. The molecule has 25 heavy (non-hydrogen) atoms. The number of hydrogen-bond acceptors (Lipinski definition) is 5. The van der Waals surface area contributed by atoms with Gasteiger partial charge in [-0.15, -0.1) is 0 Å². The number of hydrogen-bond donors (Lipinski definition) is 2. The highest BCUT2D eigenvalue weighted by Gasteiger charge is 2.21. The number of aryl methyl sites for hydroxylation is 2. The molecule has 8 heteroatoms. The highest BCUT2D eigenvalue weighted by Crippen LogP contribution is 2.08. The molecule has 0 spiro atoms. The maximum absolute atomic E-state index is 12.2. The van der Waals surface area contributed by atoms with Crippen molar-refractivity contribution in [2.75, 3.05) is 44.6 Å². The lowest BCUT2D eigenvalue weighted by molar-refractivity contribution is -0.124. The van der Waals surface area contributed by atoms with Crippen LogP contribution >= 0.6 is 0 Å². The number of nitrogens with zero attached hydrogens (tertiary/aromatic N) is 4. The second-order valence-electron chi connectivity index (χ2n) is 6.77. The van der Waals surface area contributed by atoms with Crippen molar-refractivity contribution in [3.63, 3.8) is 0 Å². The second kappa shape index (κ2) is 8.96. The second-order valence-corrected chi connectivity index (χ2v) is 6.77. The van der Waals surface area contributed by atoms with E-state index in [0.717, 1.165) is 38.3 Å². The quantitative estimate of drug-likeness (QED) is 0.734. The molecule has 1 aromatic rings. The van der Waals surface area contributed by atoms with Crippen LogP contribution in [-0.2, 0) is 16.6 Å². The first kappa shape index (κ1) is 19.4. The van der Waals surface area contributed by atoms with Crippen LogP contribution in [0.25, 0.3) is 0 Å². The van der Waals surface area contributed by atoms with Crippen molar-refractivity contribution in [1.82, 2.24) is 24.9 Å². The Bertz CT molecular complexity index is 592. The third-order valence-corrected chi connectivity index (χ3v) is 4.49. The molecule has 1 unspecified atom stereocenters. The van der Waals surface area contributed by atoms with Gasteiger partial charge in [0, 0.05) is 45.3 Å². The van der Waals surface area contributed by atoms with Crippen LogP contribution in [0.15, 0.2) is 6.07 Å². The predicted octanol–water partition coefficient (Wildman–Crippen LogP) is 0.199.